The lowest BCUT2D eigenvalue weighted by atomic mass is 10.1. The van der Waals surface area contributed by atoms with Crippen LogP contribution in [-0.2, 0) is 22.6 Å². The Morgan fingerprint density at radius 2 is 2.41 bits per heavy atom. The van der Waals surface area contributed by atoms with Crippen molar-refractivity contribution < 1.29 is 9.00 Å². The smallest absolute Gasteiger partial charge is 0.241 e. The van der Waals surface area contributed by atoms with Crippen LogP contribution in [-0.4, -0.2) is 37.9 Å². The van der Waals surface area contributed by atoms with E-state index in [0.717, 1.165) is 0 Å². The van der Waals surface area contributed by atoms with E-state index in [-0.39, 0.29) is 5.91 Å². The molecule has 7 heteroatoms. The summed E-state index contributed by atoms with van der Waals surface area (Å²) in [4.78, 5) is 11.7. The van der Waals surface area contributed by atoms with E-state index in [1.54, 1.807) is 24.1 Å². The van der Waals surface area contributed by atoms with Gasteiger partial charge in [0.15, 0.2) is 0 Å². The molecule has 0 aliphatic rings. The van der Waals surface area contributed by atoms with E-state index in [1.807, 2.05) is 6.92 Å². The molecule has 2 unspecified atom stereocenters. The van der Waals surface area contributed by atoms with Crippen molar-refractivity contribution in [1.82, 2.24) is 15.1 Å². The summed E-state index contributed by atoms with van der Waals surface area (Å²) in [6.07, 6.45) is 3.27. The number of carbonyl (C=O) groups is 1. The van der Waals surface area contributed by atoms with Gasteiger partial charge >= 0.3 is 0 Å². The number of amides is 1. The number of aryl methyl sites for hydroxylation is 1. The van der Waals surface area contributed by atoms with Gasteiger partial charge in [0.25, 0.3) is 0 Å². The molecule has 0 radical (unpaired) electrons. The van der Waals surface area contributed by atoms with Crippen LogP contribution < -0.4 is 11.1 Å². The molecule has 0 bridgehead atoms. The van der Waals surface area contributed by atoms with Gasteiger partial charge in [-0.25, -0.2) is 0 Å². The van der Waals surface area contributed by atoms with Crippen molar-refractivity contribution in [1.29, 1.82) is 0 Å². The first-order valence-corrected chi connectivity index (χ1v) is 6.90. The molecule has 96 valence electrons. The molecule has 0 fully saturated rings. The Kier molecular flexibility index (Phi) is 5.30. The molecule has 17 heavy (non-hydrogen) atoms. The van der Waals surface area contributed by atoms with E-state index < -0.39 is 16.8 Å². The first-order chi connectivity index (χ1) is 8.04. The number of carbonyl (C=O) groups excluding carboxylic acids is 1. The Morgan fingerprint density at radius 1 is 1.71 bits per heavy atom. The zero-order valence-electron chi connectivity index (χ0n) is 10.0. The van der Waals surface area contributed by atoms with Gasteiger partial charge in [0.2, 0.25) is 5.91 Å². The Balaban J connectivity index is 2.40. The van der Waals surface area contributed by atoms with Crippen LogP contribution >= 0.6 is 0 Å². The molecule has 0 spiro atoms. The minimum Gasteiger partial charge on any atom is -0.354 e. The van der Waals surface area contributed by atoms with Crippen LogP contribution in [0.2, 0.25) is 0 Å². The molecular weight excluding hydrogens is 240 g/mol. The van der Waals surface area contributed by atoms with Crippen molar-refractivity contribution in [3.8, 4) is 0 Å². The van der Waals surface area contributed by atoms with E-state index in [0.29, 0.717) is 23.6 Å². The molecule has 0 aliphatic carbocycles. The third kappa shape index (κ3) is 4.27. The molecule has 0 saturated carbocycles. The van der Waals surface area contributed by atoms with Gasteiger partial charge in [-0.3, -0.25) is 13.7 Å². The molecule has 1 amide bonds. The fourth-order valence-electron chi connectivity index (χ4n) is 1.29. The van der Waals surface area contributed by atoms with Crippen LogP contribution in [0.1, 0.15) is 18.5 Å². The lowest BCUT2D eigenvalue weighted by Crippen LogP contribution is -2.36. The molecule has 6 nitrogen and oxygen atoms in total. The number of nitrogens with zero attached hydrogens (tertiary/aromatic N) is 2. The predicted octanol–water partition coefficient (Wildman–Crippen LogP) is -0.695. The van der Waals surface area contributed by atoms with Crippen molar-refractivity contribution in [2.24, 2.45) is 12.8 Å². The number of aromatic nitrogens is 2. The van der Waals surface area contributed by atoms with Crippen LogP contribution in [0.15, 0.2) is 12.4 Å². The van der Waals surface area contributed by atoms with Crippen molar-refractivity contribution in [3.63, 3.8) is 0 Å². The lowest BCUT2D eigenvalue weighted by molar-refractivity contribution is -0.122. The first kappa shape index (κ1) is 13.9. The fourth-order valence-corrected chi connectivity index (χ4v) is 1.91. The molecule has 1 heterocycles. The average Bonchev–Trinajstić information content (AvgIpc) is 2.74. The molecule has 1 aromatic heterocycles. The summed E-state index contributed by atoms with van der Waals surface area (Å²) in [7, 11) is 0.893. The average molecular weight is 258 g/mol. The summed E-state index contributed by atoms with van der Waals surface area (Å²) in [5.74, 6) is 0.790. The predicted molar refractivity (Wildman–Crippen MR) is 66.7 cm³/mol. The maximum Gasteiger partial charge on any atom is 0.241 e. The zero-order valence-corrected chi connectivity index (χ0v) is 10.9. The summed E-state index contributed by atoms with van der Waals surface area (Å²) in [6, 6.07) is -0.723. The Hall–Kier alpha value is -1.21. The summed E-state index contributed by atoms with van der Waals surface area (Å²) < 4.78 is 12.7. The summed E-state index contributed by atoms with van der Waals surface area (Å²) in [6.45, 7) is 2.23. The molecule has 3 N–H and O–H groups in total. The van der Waals surface area contributed by atoms with Gasteiger partial charge in [0.05, 0.1) is 6.20 Å². The van der Waals surface area contributed by atoms with E-state index in [1.165, 1.54) is 0 Å². The van der Waals surface area contributed by atoms with Crippen LogP contribution in [0.25, 0.3) is 0 Å². The fraction of sp³-hybridized carbons (Fsp3) is 0.600. The van der Waals surface area contributed by atoms with Crippen molar-refractivity contribution in [2.75, 3.05) is 18.1 Å². The summed E-state index contributed by atoms with van der Waals surface area (Å²) >= 11 is 0. The Bertz CT molecular complexity index is 405. The van der Waals surface area contributed by atoms with Crippen LogP contribution in [0.5, 0.6) is 0 Å². The van der Waals surface area contributed by atoms with Crippen LogP contribution in [0, 0.1) is 0 Å². The number of rotatable bonds is 6. The molecular formula is C10H18N4O2S. The third-order valence-corrected chi connectivity index (χ3v) is 3.62. The van der Waals surface area contributed by atoms with Crippen molar-refractivity contribution in [3.05, 3.63) is 18.0 Å². The highest BCUT2D eigenvalue weighted by Gasteiger charge is 2.16. The highest BCUT2D eigenvalue weighted by Crippen LogP contribution is 2.07. The van der Waals surface area contributed by atoms with Gasteiger partial charge in [-0.15, -0.1) is 0 Å². The molecule has 0 saturated heterocycles. The largest absolute Gasteiger partial charge is 0.354 e. The lowest BCUT2D eigenvalue weighted by Gasteiger charge is -2.10. The van der Waals surface area contributed by atoms with Gasteiger partial charge in [-0.05, 0) is 0 Å². The van der Waals surface area contributed by atoms with Crippen LogP contribution in [0.3, 0.4) is 0 Å². The maximum absolute atomic E-state index is 11.7. The topological polar surface area (TPSA) is 90.0 Å². The summed E-state index contributed by atoms with van der Waals surface area (Å²) in [5.41, 5.74) is 6.43. The van der Waals surface area contributed by atoms with E-state index in [9.17, 15) is 9.00 Å². The minimum atomic E-state index is -0.869. The number of hydrogen-bond donors (Lipinski definition) is 2. The Morgan fingerprint density at radius 3 is 2.94 bits per heavy atom. The zero-order chi connectivity index (χ0) is 12.8. The van der Waals surface area contributed by atoms with E-state index >= 15 is 0 Å². The van der Waals surface area contributed by atoms with Gasteiger partial charge in [0.1, 0.15) is 6.04 Å². The van der Waals surface area contributed by atoms with Crippen molar-refractivity contribution in [2.45, 2.75) is 13.0 Å². The van der Waals surface area contributed by atoms with E-state index in [4.69, 9.17) is 5.73 Å². The highest BCUT2D eigenvalue weighted by atomic mass is 32.2. The molecule has 1 aromatic rings. The number of nitrogens with two attached hydrogens (primary N) is 1. The SMILES string of the molecule is CCS(=O)CCNC(=O)C(N)c1cnn(C)c1. The molecule has 0 aromatic carbocycles. The second-order valence-electron chi connectivity index (χ2n) is 3.65. The third-order valence-electron chi connectivity index (χ3n) is 2.32. The van der Waals surface area contributed by atoms with E-state index in [2.05, 4.69) is 10.4 Å². The first-order valence-electron chi connectivity index (χ1n) is 5.41. The quantitative estimate of drug-likeness (QED) is 0.706. The van der Waals surface area contributed by atoms with Gasteiger partial charge in [0, 0.05) is 47.7 Å². The standard InChI is InChI=1S/C10H18N4O2S/c1-3-17(16)5-4-12-10(15)9(11)8-6-13-14(2)7-8/h6-7,9H,3-5,11H2,1-2H3,(H,12,15). The highest BCUT2D eigenvalue weighted by molar-refractivity contribution is 7.84. The molecule has 1 rings (SSSR count). The second-order valence-corrected chi connectivity index (χ2v) is 5.51. The monoisotopic (exact) mass is 258 g/mol. The summed E-state index contributed by atoms with van der Waals surface area (Å²) in [5, 5.41) is 6.61. The van der Waals surface area contributed by atoms with Crippen molar-refractivity contribution >= 4 is 16.7 Å². The number of nitrogens with one attached hydrogen (secondary N) is 1. The second kappa shape index (κ2) is 6.51. The van der Waals surface area contributed by atoms with Gasteiger partial charge in [-0.1, -0.05) is 6.92 Å². The Labute approximate surface area is 103 Å². The molecule has 2 atom stereocenters. The van der Waals surface area contributed by atoms with Gasteiger partial charge in [-0.2, -0.15) is 5.10 Å². The maximum atomic E-state index is 11.7. The number of hydrogen-bond acceptors (Lipinski definition) is 4. The van der Waals surface area contributed by atoms with Gasteiger partial charge < -0.3 is 11.1 Å². The molecule has 0 aliphatic heterocycles. The minimum absolute atomic E-state index is 0.272. The normalized spacial score (nSPS) is 14.3. The van der Waals surface area contributed by atoms with Crippen LogP contribution in [0.4, 0.5) is 0 Å².